The summed E-state index contributed by atoms with van der Waals surface area (Å²) in [4.78, 5) is 25.2. The van der Waals surface area contributed by atoms with Gasteiger partial charge in [-0.1, -0.05) is 23.2 Å². The fourth-order valence-electron chi connectivity index (χ4n) is 1.85. The third kappa shape index (κ3) is 2.99. The monoisotopic (exact) mass is 318 g/mol. The predicted octanol–water partition coefficient (Wildman–Crippen LogP) is 3.17. The zero-order valence-corrected chi connectivity index (χ0v) is 12.5. The molecule has 0 radical (unpaired) electrons. The lowest BCUT2D eigenvalue weighted by Crippen LogP contribution is -2.31. The van der Waals surface area contributed by atoms with Crippen LogP contribution in [0.3, 0.4) is 0 Å². The van der Waals surface area contributed by atoms with Crippen molar-refractivity contribution in [3.63, 3.8) is 0 Å². The van der Waals surface area contributed by atoms with Crippen molar-refractivity contribution in [1.29, 1.82) is 0 Å². The first kappa shape index (κ1) is 14.5. The maximum Gasteiger partial charge on any atom is 0.329 e. The van der Waals surface area contributed by atoms with E-state index in [1.165, 1.54) is 6.07 Å². The number of carbonyl (C=O) groups excluding carboxylic acids is 2. The van der Waals surface area contributed by atoms with Gasteiger partial charge in [-0.05, 0) is 36.6 Å². The molecular weight excluding hydrogens is 307 g/mol. The van der Waals surface area contributed by atoms with Gasteiger partial charge in [0.2, 0.25) is 0 Å². The maximum atomic E-state index is 12.2. The first-order valence-corrected chi connectivity index (χ1v) is 7.78. The van der Waals surface area contributed by atoms with E-state index in [0.717, 1.165) is 10.7 Å². The van der Waals surface area contributed by atoms with Crippen LogP contribution in [0, 0.1) is 0 Å². The molecule has 0 aromatic heterocycles. The summed E-state index contributed by atoms with van der Waals surface area (Å²) in [6.45, 7) is 0. The molecule has 1 aromatic carbocycles. The van der Waals surface area contributed by atoms with Crippen LogP contribution in [0.1, 0.15) is 6.42 Å². The van der Waals surface area contributed by atoms with Crippen molar-refractivity contribution >= 4 is 52.6 Å². The maximum absolute atomic E-state index is 12.2. The molecule has 102 valence electrons. The molecule has 1 heterocycles. The van der Waals surface area contributed by atoms with E-state index in [0.29, 0.717) is 17.1 Å². The van der Waals surface area contributed by atoms with Gasteiger partial charge in [-0.25, -0.2) is 9.69 Å². The predicted molar refractivity (Wildman–Crippen MR) is 79.3 cm³/mol. The SMILES string of the molecule is CSCCC1NC(=O)N(c2ccc(Cl)cc2Cl)C1=O. The van der Waals surface area contributed by atoms with Gasteiger partial charge < -0.3 is 5.32 Å². The number of imide groups is 1. The van der Waals surface area contributed by atoms with Gasteiger partial charge in [0.1, 0.15) is 6.04 Å². The fourth-order valence-corrected chi connectivity index (χ4v) is 2.82. The van der Waals surface area contributed by atoms with Crippen molar-refractivity contribution < 1.29 is 9.59 Å². The van der Waals surface area contributed by atoms with E-state index >= 15 is 0 Å². The van der Waals surface area contributed by atoms with E-state index < -0.39 is 12.1 Å². The number of amides is 3. The van der Waals surface area contributed by atoms with Gasteiger partial charge >= 0.3 is 6.03 Å². The van der Waals surface area contributed by atoms with Gasteiger partial charge in [0.15, 0.2) is 0 Å². The second kappa shape index (κ2) is 6.03. The molecule has 1 saturated heterocycles. The van der Waals surface area contributed by atoms with Gasteiger partial charge in [-0.2, -0.15) is 11.8 Å². The second-order valence-electron chi connectivity index (χ2n) is 4.05. The molecule has 1 unspecified atom stereocenters. The molecule has 0 aliphatic carbocycles. The van der Waals surface area contributed by atoms with Crippen molar-refractivity contribution in [2.24, 2.45) is 0 Å². The molecule has 1 aliphatic rings. The molecule has 1 aromatic rings. The summed E-state index contributed by atoms with van der Waals surface area (Å²) in [5, 5.41) is 3.40. The summed E-state index contributed by atoms with van der Waals surface area (Å²) in [6.07, 6.45) is 2.56. The number of nitrogens with one attached hydrogen (secondary N) is 1. The van der Waals surface area contributed by atoms with Crippen molar-refractivity contribution in [3.8, 4) is 0 Å². The molecule has 1 aliphatic heterocycles. The van der Waals surface area contributed by atoms with Crippen LogP contribution in [0.2, 0.25) is 10.0 Å². The Morgan fingerprint density at radius 1 is 1.37 bits per heavy atom. The average Bonchev–Trinajstić information content (AvgIpc) is 2.63. The van der Waals surface area contributed by atoms with Gasteiger partial charge in [0, 0.05) is 5.02 Å². The van der Waals surface area contributed by atoms with Crippen LogP contribution in [0.15, 0.2) is 18.2 Å². The molecule has 0 spiro atoms. The molecule has 1 N–H and O–H groups in total. The Bertz CT molecular complexity index is 524. The first-order valence-electron chi connectivity index (χ1n) is 5.63. The van der Waals surface area contributed by atoms with E-state index in [1.807, 2.05) is 6.26 Å². The summed E-state index contributed by atoms with van der Waals surface area (Å²) in [7, 11) is 0. The summed E-state index contributed by atoms with van der Waals surface area (Å²) in [5.41, 5.74) is 0.361. The Labute approximate surface area is 125 Å². The summed E-state index contributed by atoms with van der Waals surface area (Å²) < 4.78 is 0. The smallest absolute Gasteiger partial charge is 0.325 e. The fraction of sp³-hybridized carbons (Fsp3) is 0.333. The summed E-state index contributed by atoms with van der Waals surface area (Å²) in [5.74, 6) is 0.530. The number of halogens is 2. The highest BCUT2D eigenvalue weighted by Crippen LogP contribution is 2.31. The molecule has 1 fully saturated rings. The molecule has 19 heavy (non-hydrogen) atoms. The normalized spacial score (nSPS) is 18.9. The van der Waals surface area contributed by atoms with Crippen molar-refractivity contribution in [1.82, 2.24) is 5.32 Å². The van der Waals surface area contributed by atoms with Gasteiger partial charge in [-0.15, -0.1) is 0 Å². The van der Waals surface area contributed by atoms with Crippen LogP contribution in [0.4, 0.5) is 10.5 Å². The molecule has 0 saturated carbocycles. The molecule has 0 bridgehead atoms. The van der Waals surface area contributed by atoms with Gasteiger partial charge in [0.05, 0.1) is 10.7 Å². The minimum absolute atomic E-state index is 0.275. The van der Waals surface area contributed by atoms with E-state index in [1.54, 1.807) is 23.9 Å². The Morgan fingerprint density at radius 2 is 2.11 bits per heavy atom. The van der Waals surface area contributed by atoms with E-state index in [-0.39, 0.29) is 10.9 Å². The zero-order chi connectivity index (χ0) is 14.0. The number of thioether (sulfide) groups is 1. The third-order valence-electron chi connectivity index (χ3n) is 2.78. The Morgan fingerprint density at radius 3 is 2.74 bits per heavy atom. The number of rotatable bonds is 4. The van der Waals surface area contributed by atoms with Crippen LogP contribution in [0.5, 0.6) is 0 Å². The molecule has 4 nitrogen and oxygen atoms in total. The summed E-state index contributed by atoms with van der Waals surface area (Å²) in [6, 6.07) is 3.75. The minimum atomic E-state index is -0.480. The number of nitrogens with zero attached hydrogens (tertiary/aromatic N) is 1. The van der Waals surface area contributed by atoms with Crippen LogP contribution in [-0.4, -0.2) is 30.0 Å². The lowest BCUT2D eigenvalue weighted by Gasteiger charge is -2.14. The first-order chi connectivity index (χ1) is 9.04. The van der Waals surface area contributed by atoms with Gasteiger partial charge in [0.25, 0.3) is 5.91 Å². The van der Waals surface area contributed by atoms with E-state index in [4.69, 9.17) is 23.2 Å². The van der Waals surface area contributed by atoms with E-state index in [2.05, 4.69) is 5.32 Å². The third-order valence-corrected chi connectivity index (χ3v) is 3.96. The Balaban J connectivity index is 2.25. The topological polar surface area (TPSA) is 49.4 Å². The van der Waals surface area contributed by atoms with Gasteiger partial charge in [-0.3, -0.25) is 4.79 Å². The van der Waals surface area contributed by atoms with Crippen molar-refractivity contribution in [2.45, 2.75) is 12.5 Å². The lowest BCUT2D eigenvalue weighted by atomic mass is 10.2. The highest BCUT2D eigenvalue weighted by molar-refractivity contribution is 7.98. The van der Waals surface area contributed by atoms with E-state index in [9.17, 15) is 9.59 Å². The average molecular weight is 319 g/mol. The second-order valence-corrected chi connectivity index (χ2v) is 5.88. The quantitative estimate of drug-likeness (QED) is 0.867. The molecule has 7 heteroatoms. The van der Waals surface area contributed by atoms with Crippen molar-refractivity contribution in [3.05, 3.63) is 28.2 Å². The number of urea groups is 1. The van der Waals surface area contributed by atoms with Crippen LogP contribution in [0.25, 0.3) is 0 Å². The zero-order valence-electron chi connectivity index (χ0n) is 10.2. The molecular formula is C12H12Cl2N2O2S. The number of carbonyl (C=O) groups is 2. The molecule has 1 atom stereocenters. The van der Waals surface area contributed by atoms with Crippen LogP contribution in [-0.2, 0) is 4.79 Å². The number of hydrogen-bond donors (Lipinski definition) is 1. The molecule has 2 rings (SSSR count). The summed E-state index contributed by atoms with van der Waals surface area (Å²) >= 11 is 13.5. The highest BCUT2D eigenvalue weighted by atomic mass is 35.5. The number of anilines is 1. The number of hydrogen-bond acceptors (Lipinski definition) is 3. The minimum Gasteiger partial charge on any atom is -0.325 e. The van der Waals surface area contributed by atoms with Crippen molar-refractivity contribution in [2.75, 3.05) is 16.9 Å². The standard InChI is InChI=1S/C12H12Cl2N2O2S/c1-19-5-4-9-11(17)16(12(18)15-9)10-3-2-7(13)6-8(10)14/h2-3,6,9H,4-5H2,1H3,(H,15,18). The highest BCUT2D eigenvalue weighted by Gasteiger charge is 2.39. The van der Waals surface area contributed by atoms with Crippen LogP contribution < -0.4 is 10.2 Å². The Kier molecular flexibility index (Phi) is 4.60. The largest absolute Gasteiger partial charge is 0.329 e. The number of benzene rings is 1. The van der Waals surface area contributed by atoms with Crippen LogP contribution >= 0.6 is 35.0 Å². The Hall–Kier alpha value is -0.910. The molecule has 3 amide bonds. The lowest BCUT2D eigenvalue weighted by molar-refractivity contribution is -0.118.